The number of nitrogens with one attached hydrogen (secondary N) is 2. The van der Waals surface area contributed by atoms with Crippen LogP contribution in [0.1, 0.15) is 70.2 Å². The minimum atomic E-state index is -0.796. The molecule has 6 nitrogen and oxygen atoms in total. The molecular weight excluding hydrogens is 352 g/mol. The predicted molar refractivity (Wildman–Crippen MR) is 110 cm³/mol. The highest BCUT2D eigenvalue weighted by Gasteiger charge is 2.40. The van der Waals surface area contributed by atoms with Crippen molar-refractivity contribution < 1.29 is 9.59 Å². The van der Waals surface area contributed by atoms with Gasteiger partial charge in [0, 0.05) is 37.5 Å². The van der Waals surface area contributed by atoms with E-state index >= 15 is 0 Å². The molecule has 6 heteroatoms. The molecule has 0 unspecified atom stereocenters. The Morgan fingerprint density at radius 2 is 1.96 bits per heavy atom. The number of carbonyl (C=O) groups excluding carboxylic acids is 2. The van der Waals surface area contributed by atoms with E-state index in [-0.39, 0.29) is 11.8 Å². The number of amides is 2. The molecule has 1 saturated carbocycles. The molecule has 1 aliphatic rings. The van der Waals surface area contributed by atoms with Crippen molar-refractivity contribution in [2.75, 3.05) is 5.32 Å². The first-order valence-corrected chi connectivity index (χ1v) is 10.1. The average molecular weight is 383 g/mol. The van der Waals surface area contributed by atoms with Crippen LogP contribution in [0, 0.1) is 0 Å². The Kier molecular flexibility index (Phi) is 6.17. The highest BCUT2D eigenvalue weighted by atomic mass is 16.2. The molecule has 150 valence electrons. The minimum absolute atomic E-state index is 0.120. The summed E-state index contributed by atoms with van der Waals surface area (Å²) in [6.45, 7) is 6.43. The summed E-state index contributed by atoms with van der Waals surface area (Å²) in [7, 11) is 0. The van der Waals surface area contributed by atoms with Crippen LogP contribution in [0.15, 0.2) is 36.7 Å². The monoisotopic (exact) mass is 382 g/mol. The predicted octanol–water partition coefficient (Wildman–Crippen LogP) is 3.83. The standard InChI is InChI=1S/C22H30N4O2/c1-16(2)20-23-12-13-26(20)15-18-8-7-9-19(14-18)24-21(28)22(25-17(3)27)10-5-4-6-11-22/h7-9,12-14,16H,4-6,10-11,15H2,1-3H3,(H,24,28)(H,25,27). The quantitative estimate of drug-likeness (QED) is 0.797. The Morgan fingerprint density at radius 1 is 1.21 bits per heavy atom. The lowest BCUT2D eigenvalue weighted by atomic mass is 9.80. The van der Waals surface area contributed by atoms with Crippen molar-refractivity contribution >= 4 is 17.5 Å². The molecule has 1 fully saturated rings. The van der Waals surface area contributed by atoms with Crippen LogP contribution in [-0.2, 0) is 16.1 Å². The fourth-order valence-electron chi connectivity index (χ4n) is 4.05. The molecule has 2 N–H and O–H groups in total. The Bertz CT molecular complexity index is 835. The Balaban J connectivity index is 1.75. The van der Waals surface area contributed by atoms with E-state index in [1.807, 2.05) is 36.7 Å². The van der Waals surface area contributed by atoms with E-state index in [4.69, 9.17) is 0 Å². The molecule has 0 saturated heterocycles. The van der Waals surface area contributed by atoms with E-state index in [9.17, 15) is 9.59 Å². The summed E-state index contributed by atoms with van der Waals surface area (Å²) < 4.78 is 2.13. The van der Waals surface area contributed by atoms with Crippen LogP contribution in [0.4, 0.5) is 5.69 Å². The fourth-order valence-corrected chi connectivity index (χ4v) is 4.05. The normalized spacial score (nSPS) is 16.0. The third-order valence-corrected chi connectivity index (χ3v) is 5.36. The van der Waals surface area contributed by atoms with Gasteiger partial charge in [0.05, 0.1) is 0 Å². The molecule has 1 heterocycles. The van der Waals surface area contributed by atoms with Crippen LogP contribution >= 0.6 is 0 Å². The summed E-state index contributed by atoms with van der Waals surface area (Å²) in [4.78, 5) is 29.2. The molecule has 1 aliphatic carbocycles. The van der Waals surface area contributed by atoms with Gasteiger partial charge in [-0.25, -0.2) is 4.98 Å². The second-order valence-electron chi connectivity index (χ2n) is 8.05. The number of nitrogens with zero attached hydrogens (tertiary/aromatic N) is 2. The number of anilines is 1. The molecule has 3 rings (SSSR count). The van der Waals surface area contributed by atoms with E-state index in [1.54, 1.807) is 0 Å². The highest BCUT2D eigenvalue weighted by Crippen LogP contribution is 2.30. The third kappa shape index (κ3) is 4.61. The molecule has 2 aromatic rings. The van der Waals surface area contributed by atoms with E-state index in [0.29, 0.717) is 25.3 Å². The number of carbonyl (C=O) groups is 2. The van der Waals surface area contributed by atoms with E-state index in [2.05, 4.69) is 34.0 Å². The van der Waals surface area contributed by atoms with Gasteiger partial charge in [0.15, 0.2) is 0 Å². The lowest BCUT2D eigenvalue weighted by Gasteiger charge is -2.36. The maximum absolute atomic E-state index is 13.1. The fraction of sp³-hybridized carbons (Fsp3) is 0.500. The topological polar surface area (TPSA) is 76.0 Å². The first-order chi connectivity index (χ1) is 13.4. The van der Waals surface area contributed by atoms with Crippen molar-refractivity contribution in [1.29, 1.82) is 0 Å². The summed E-state index contributed by atoms with van der Waals surface area (Å²) in [5.74, 6) is 1.11. The Morgan fingerprint density at radius 3 is 2.64 bits per heavy atom. The Hall–Kier alpha value is -2.63. The van der Waals surface area contributed by atoms with Gasteiger partial charge in [0.2, 0.25) is 11.8 Å². The number of hydrogen-bond acceptors (Lipinski definition) is 3. The van der Waals surface area contributed by atoms with Crippen molar-refractivity contribution in [3.63, 3.8) is 0 Å². The van der Waals surface area contributed by atoms with Gasteiger partial charge in [0.1, 0.15) is 11.4 Å². The summed E-state index contributed by atoms with van der Waals surface area (Å²) in [6.07, 6.45) is 8.18. The third-order valence-electron chi connectivity index (χ3n) is 5.36. The average Bonchev–Trinajstić information content (AvgIpc) is 3.10. The lowest BCUT2D eigenvalue weighted by Crippen LogP contribution is -2.57. The molecule has 0 atom stereocenters. The molecule has 0 aliphatic heterocycles. The molecule has 0 bridgehead atoms. The van der Waals surface area contributed by atoms with E-state index in [0.717, 1.165) is 36.3 Å². The summed E-state index contributed by atoms with van der Waals surface area (Å²) in [5, 5.41) is 5.96. The Labute approximate surface area is 166 Å². The molecule has 1 aromatic carbocycles. The van der Waals surface area contributed by atoms with E-state index in [1.165, 1.54) is 6.92 Å². The van der Waals surface area contributed by atoms with Crippen LogP contribution in [0.25, 0.3) is 0 Å². The van der Waals surface area contributed by atoms with Crippen molar-refractivity contribution in [1.82, 2.24) is 14.9 Å². The van der Waals surface area contributed by atoms with Crippen molar-refractivity contribution in [3.05, 3.63) is 48.0 Å². The lowest BCUT2D eigenvalue weighted by molar-refractivity contribution is -0.130. The van der Waals surface area contributed by atoms with Gasteiger partial charge in [-0.3, -0.25) is 9.59 Å². The summed E-state index contributed by atoms with van der Waals surface area (Å²) in [6, 6.07) is 7.88. The second kappa shape index (κ2) is 8.59. The van der Waals surface area contributed by atoms with Crippen LogP contribution in [0.3, 0.4) is 0 Å². The maximum atomic E-state index is 13.1. The smallest absolute Gasteiger partial charge is 0.250 e. The molecular formula is C22H30N4O2. The summed E-state index contributed by atoms with van der Waals surface area (Å²) >= 11 is 0. The molecule has 0 radical (unpaired) electrons. The number of rotatable bonds is 6. The van der Waals surface area contributed by atoms with Gasteiger partial charge in [-0.2, -0.15) is 0 Å². The van der Waals surface area contributed by atoms with Gasteiger partial charge >= 0.3 is 0 Å². The van der Waals surface area contributed by atoms with Crippen molar-refractivity contribution in [3.8, 4) is 0 Å². The number of imidazole rings is 1. The maximum Gasteiger partial charge on any atom is 0.250 e. The van der Waals surface area contributed by atoms with Crippen LogP contribution < -0.4 is 10.6 Å². The van der Waals surface area contributed by atoms with Crippen molar-refractivity contribution in [2.24, 2.45) is 0 Å². The molecule has 1 aromatic heterocycles. The molecule has 28 heavy (non-hydrogen) atoms. The zero-order valence-electron chi connectivity index (χ0n) is 17.0. The van der Waals surface area contributed by atoms with Crippen molar-refractivity contribution in [2.45, 2.75) is 70.9 Å². The van der Waals surface area contributed by atoms with Crippen LogP contribution in [0.2, 0.25) is 0 Å². The largest absolute Gasteiger partial charge is 0.342 e. The van der Waals surface area contributed by atoms with Crippen LogP contribution in [-0.4, -0.2) is 26.9 Å². The van der Waals surface area contributed by atoms with Gasteiger partial charge in [-0.1, -0.05) is 45.2 Å². The number of hydrogen-bond donors (Lipinski definition) is 2. The summed E-state index contributed by atoms with van der Waals surface area (Å²) in [5.41, 5.74) is 1.05. The SMILES string of the molecule is CC(=O)NC1(C(=O)Nc2cccc(Cn3ccnc3C(C)C)c2)CCCCC1. The first kappa shape index (κ1) is 20.1. The minimum Gasteiger partial charge on any atom is -0.342 e. The van der Waals surface area contributed by atoms with E-state index < -0.39 is 5.54 Å². The molecule has 0 spiro atoms. The zero-order valence-corrected chi connectivity index (χ0v) is 17.0. The first-order valence-electron chi connectivity index (χ1n) is 10.1. The van der Waals surface area contributed by atoms with Gasteiger partial charge in [-0.15, -0.1) is 0 Å². The van der Waals surface area contributed by atoms with Gasteiger partial charge in [-0.05, 0) is 30.5 Å². The number of benzene rings is 1. The van der Waals surface area contributed by atoms with Gasteiger partial charge < -0.3 is 15.2 Å². The number of aromatic nitrogens is 2. The highest BCUT2D eigenvalue weighted by molar-refractivity contribution is 6.00. The molecule has 2 amide bonds. The second-order valence-corrected chi connectivity index (χ2v) is 8.05. The van der Waals surface area contributed by atoms with Gasteiger partial charge in [0.25, 0.3) is 0 Å². The zero-order chi connectivity index (χ0) is 20.1. The van der Waals surface area contributed by atoms with Crippen LogP contribution in [0.5, 0.6) is 0 Å².